The van der Waals surface area contributed by atoms with Gasteiger partial charge in [0.15, 0.2) is 0 Å². The van der Waals surface area contributed by atoms with Gasteiger partial charge in [-0.2, -0.15) is 0 Å². The number of aliphatic hydroxyl groups excluding tert-OH is 1. The van der Waals surface area contributed by atoms with Crippen molar-refractivity contribution in [3.8, 4) is 0 Å². The van der Waals surface area contributed by atoms with Crippen LogP contribution in [0.15, 0.2) is 27.1 Å². The molecule has 16 heavy (non-hydrogen) atoms. The molecule has 2 N–H and O–H groups in total. The van der Waals surface area contributed by atoms with Crippen LogP contribution in [0.25, 0.3) is 0 Å². The van der Waals surface area contributed by atoms with Crippen molar-refractivity contribution in [2.75, 3.05) is 6.61 Å². The number of halogens is 2. The highest BCUT2D eigenvalue weighted by atomic mass is 79.9. The van der Waals surface area contributed by atoms with E-state index < -0.39 is 0 Å². The van der Waals surface area contributed by atoms with Crippen LogP contribution in [-0.4, -0.2) is 23.2 Å². The molecule has 1 aliphatic carbocycles. The second-order valence-corrected chi connectivity index (χ2v) is 5.88. The lowest BCUT2D eigenvalue weighted by atomic mass is 10.2. The van der Waals surface area contributed by atoms with Crippen molar-refractivity contribution < 1.29 is 9.90 Å². The Hall–Kier alpha value is -0.390. The summed E-state index contributed by atoms with van der Waals surface area (Å²) in [6.45, 7) is 0.00785. The topological polar surface area (TPSA) is 49.3 Å². The number of carbonyl (C=O) groups is 1. The number of hydrogen-bond acceptors (Lipinski definition) is 2. The molecular formula is C11H11Br2NO2. The lowest BCUT2D eigenvalue weighted by Gasteiger charge is -2.14. The predicted octanol–water partition coefficient (Wildman–Crippen LogP) is 2.47. The molecule has 1 amide bonds. The average Bonchev–Trinajstić information content (AvgIpc) is 2.97. The van der Waals surface area contributed by atoms with Gasteiger partial charge in [-0.05, 0) is 31.0 Å². The minimum Gasteiger partial charge on any atom is -0.394 e. The molecule has 0 bridgehead atoms. The van der Waals surface area contributed by atoms with E-state index in [1.54, 1.807) is 12.1 Å². The van der Waals surface area contributed by atoms with Crippen LogP contribution in [-0.2, 0) is 0 Å². The maximum absolute atomic E-state index is 11.9. The van der Waals surface area contributed by atoms with Gasteiger partial charge in [0.1, 0.15) is 0 Å². The summed E-state index contributed by atoms with van der Waals surface area (Å²) >= 11 is 6.67. The number of aliphatic hydroxyl groups is 1. The predicted molar refractivity (Wildman–Crippen MR) is 68.4 cm³/mol. The van der Waals surface area contributed by atoms with Crippen molar-refractivity contribution >= 4 is 37.8 Å². The minimum absolute atomic E-state index is 0.00785. The maximum Gasteiger partial charge on any atom is 0.251 e. The first kappa shape index (κ1) is 12.1. The van der Waals surface area contributed by atoms with Crippen LogP contribution in [0.1, 0.15) is 23.2 Å². The van der Waals surface area contributed by atoms with Crippen LogP contribution >= 0.6 is 31.9 Å². The van der Waals surface area contributed by atoms with Gasteiger partial charge in [-0.25, -0.2) is 0 Å². The number of amides is 1. The van der Waals surface area contributed by atoms with Gasteiger partial charge in [0.05, 0.1) is 12.1 Å². The molecule has 0 atom stereocenters. The van der Waals surface area contributed by atoms with Crippen LogP contribution in [0.5, 0.6) is 0 Å². The fraction of sp³-hybridized carbons (Fsp3) is 0.364. The summed E-state index contributed by atoms with van der Waals surface area (Å²) in [5.41, 5.74) is 0.215. The highest BCUT2D eigenvalue weighted by molar-refractivity contribution is 9.11. The molecule has 0 aromatic heterocycles. The number of hydrogen-bond donors (Lipinski definition) is 2. The highest BCUT2D eigenvalue weighted by Crippen LogP contribution is 2.35. The van der Waals surface area contributed by atoms with Crippen molar-refractivity contribution in [2.45, 2.75) is 18.4 Å². The monoisotopic (exact) mass is 347 g/mol. The summed E-state index contributed by atoms with van der Waals surface area (Å²) in [5.74, 6) is -0.145. The summed E-state index contributed by atoms with van der Waals surface area (Å²) in [7, 11) is 0. The Morgan fingerprint density at radius 3 is 2.31 bits per heavy atom. The summed E-state index contributed by atoms with van der Waals surface area (Å²) in [5, 5.41) is 12.0. The molecule has 86 valence electrons. The number of carbonyl (C=O) groups excluding carboxylic acids is 1. The van der Waals surface area contributed by atoms with E-state index >= 15 is 0 Å². The molecule has 1 aliphatic rings. The first-order valence-corrected chi connectivity index (χ1v) is 6.53. The van der Waals surface area contributed by atoms with E-state index in [9.17, 15) is 4.79 Å². The first-order valence-electron chi connectivity index (χ1n) is 4.94. The molecular weight excluding hydrogens is 338 g/mol. The Labute approximate surface area is 110 Å². The lowest BCUT2D eigenvalue weighted by Crippen LogP contribution is -2.39. The molecule has 1 aromatic rings. The second kappa shape index (κ2) is 4.47. The van der Waals surface area contributed by atoms with Gasteiger partial charge in [0.2, 0.25) is 0 Å². The molecule has 0 spiro atoms. The Kier molecular flexibility index (Phi) is 3.37. The van der Waals surface area contributed by atoms with E-state index in [0.29, 0.717) is 5.56 Å². The fourth-order valence-corrected chi connectivity index (χ4v) is 2.77. The van der Waals surface area contributed by atoms with Gasteiger partial charge in [0.25, 0.3) is 5.91 Å². The SMILES string of the molecule is O=C(NC1(CO)CC1)c1cc(Br)cc(Br)c1. The van der Waals surface area contributed by atoms with E-state index in [1.165, 1.54) is 0 Å². The fourth-order valence-electron chi connectivity index (χ4n) is 1.47. The van der Waals surface area contributed by atoms with Crippen molar-refractivity contribution in [3.63, 3.8) is 0 Å². The molecule has 1 saturated carbocycles. The molecule has 0 heterocycles. The van der Waals surface area contributed by atoms with Crippen LogP contribution in [0, 0.1) is 0 Å². The zero-order chi connectivity index (χ0) is 11.8. The van der Waals surface area contributed by atoms with Crippen molar-refractivity contribution in [3.05, 3.63) is 32.7 Å². The quantitative estimate of drug-likeness (QED) is 0.881. The average molecular weight is 349 g/mol. The van der Waals surface area contributed by atoms with Crippen molar-refractivity contribution in [2.24, 2.45) is 0 Å². The summed E-state index contributed by atoms with van der Waals surface area (Å²) < 4.78 is 1.70. The molecule has 2 rings (SSSR count). The van der Waals surface area contributed by atoms with Crippen molar-refractivity contribution in [1.29, 1.82) is 0 Å². The molecule has 0 aliphatic heterocycles. The largest absolute Gasteiger partial charge is 0.394 e. The van der Waals surface area contributed by atoms with E-state index in [0.717, 1.165) is 21.8 Å². The molecule has 1 aromatic carbocycles. The third-order valence-corrected chi connectivity index (χ3v) is 3.58. The summed E-state index contributed by atoms with van der Waals surface area (Å²) in [6, 6.07) is 5.39. The van der Waals surface area contributed by atoms with E-state index in [1.807, 2.05) is 6.07 Å². The molecule has 5 heteroatoms. The van der Waals surface area contributed by atoms with Gasteiger partial charge in [-0.1, -0.05) is 31.9 Å². The number of benzene rings is 1. The standard InChI is InChI=1S/C11H11Br2NO2/c12-8-3-7(4-9(13)5-8)10(16)14-11(6-15)1-2-11/h3-5,15H,1-2,6H2,(H,14,16). The minimum atomic E-state index is -0.369. The zero-order valence-electron chi connectivity index (χ0n) is 8.46. The van der Waals surface area contributed by atoms with Gasteiger partial charge in [0, 0.05) is 14.5 Å². The zero-order valence-corrected chi connectivity index (χ0v) is 11.6. The summed E-state index contributed by atoms with van der Waals surface area (Å²) in [6.07, 6.45) is 1.70. The third-order valence-electron chi connectivity index (χ3n) is 2.66. The van der Waals surface area contributed by atoms with E-state index in [2.05, 4.69) is 37.2 Å². The van der Waals surface area contributed by atoms with E-state index in [-0.39, 0.29) is 18.1 Å². The molecule has 1 fully saturated rings. The maximum atomic E-state index is 11.9. The normalized spacial score (nSPS) is 16.9. The first-order chi connectivity index (χ1) is 7.54. The molecule has 0 radical (unpaired) electrons. The Morgan fingerprint density at radius 1 is 1.31 bits per heavy atom. The van der Waals surface area contributed by atoms with Gasteiger partial charge < -0.3 is 10.4 Å². The van der Waals surface area contributed by atoms with E-state index in [4.69, 9.17) is 5.11 Å². The second-order valence-electron chi connectivity index (χ2n) is 4.05. The van der Waals surface area contributed by atoms with Gasteiger partial charge in [-0.15, -0.1) is 0 Å². The van der Waals surface area contributed by atoms with Crippen molar-refractivity contribution in [1.82, 2.24) is 5.32 Å². The lowest BCUT2D eigenvalue weighted by molar-refractivity contribution is 0.0906. The van der Waals surface area contributed by atoms with Crippen LogP contribution in [0.4, 0.5) is 0 Å². The number of rotatable bonds is 3. The summed E-state index contributed by atoms with van der Waals surface area (Å²) in [4.78, 5) is 11.9. The Morgan fingerprint density at radius 2 is 1.88 bits per heavy atom. The molecule has 0 saturated heterocycles. The van der Waals surface area contributed by atoms with Crippen LogP contribution < -0.4 is 5.32 Å². The third kappa shape index (κ3) is 2.64. The molecule has 0 unspecified atom stereocenters. The van der Waals surface area contributed by atoms with Crippen LogP contribution in [0.3, 0.4) is 0 Å². The Balaban J connectivity index is 2.14. The van der Waals surface area contributed by atoms with Gasteiger partial charge in [-0.3, -0.25) is 4.79 Å². The Bertz CT molecular complexity index is 410. The molecule has 3 nitrogen and oxygen atoms in total. The number of nitrogens with one attached hydrogen (secondary N) is 1. The van der Waals surface area contributed by atoms with Gasteiger partial charge >= 0.3 is 0 Å². The smallest absolute Gasteiger partial charge is 0.251 e. The van der Waals surface area contributed by atoms with Crippen LogP contribution in [0.2, 0.25) is 0 Å². The highest BCUT2D eigenvalue weighted by Gasteiger charge is 2.43.